The Bertz CT molecular complexity index is 595. The molecule has 20 heavy (non-hydrogen) atoms. The summed E-state index contributed by atoms with van der Waals surface area (Å²) in [4.78, 5) is 2.27. The van der Waals surface area contributed by atoms with Gasteiger partial charge < -0.3 is 10.0 Å². The molecule has 0 heterocycles. The van der Waals surface area contributed by atoms with Crippen LogP contribution in [0.15, 0.2) is 46.9 Å². The van der Waals surface area contributed by atoms with E-state index < -0.39 is 6.10 Å². The zero-order valence-corrected chi connectivity index (χ0v) is 13.7. The van der Waals surface area contributed by atoms with Crippen molar-refractivity contribution in [3.63, 3.8) is 0 Å². The second-order valence-electron chi connectivity index (χ2n) is 4.92. The molecular formula is C17H20BrNO. The molecule has 0 bridgehead atoms. The predicted molar refractivity (Wildman–Crippen MR) is 88.6 cm³/mol. The average Bonchev–Trinajstić information content (AvgIpc) is 2.43. The summed E-state index contributed by atoms with van der Waals surface area (Å²) < 4.78 is 1.00. The maximum Gasteiger partial charge on any atom is 0.0762 e. The molecule has 0 aliphatic heterocycles. The molecule has 0 saturated heterocycles. The number of benzene rings is 2. The van der Waals surface area contributed by atoms with E-state index in [1.807, 2.05) is 12.1 Å². The van der Waals surface area contributed by atoms with E-state index in [4.69, 9.17) is 0 Å². The molecule has 0 aliphatic rings. The molecule has 1 atom stereocenters. The minimum Gasteiger partial charge on any atom is -0.389 e. The number of halogens is 1. The largest absolute Gasteiger partial charge is 0.389 e. The van der Waals surface area contributed by atoms with Gasteiger partial charge in [-0.3, -0.25) is 0 Å². The second kappa shape index (κ2) is 6.42. The van der Waals surface area contributed by atoms with Crippen LogP contribution in [-0.4, -0.2) is 11.7 Å². The first-order valence-corrected chi connectivity index (χ1v) is 7.64. The van der Waals surface area contributed by atoms with Crippen molar-refractivity contribution in [1.82, 2.24) is 0 Å². The molecule has 2 nitrogen and oxygen atoms in total. The maximum atomic E-state index is 9.66. The molecule has 0 radical (unpaired) electrons. The van der Waals surface area contributed by atoms with E-state index >= 15 is 0 Å². The number of para-hydroxylation sites is 1. The summed E-state index contributed by atoms with van der Waals surface area (Å²) in [5, 5.41) is 9.66. The summed E-state index contributed by atoms with van der Waals surface area (Å²) in [6.45, 7) is 6.93. The predicted octanol–water partition coefficient (Wildman–Crippen LogP) is 4.97. The molecule has 1 unspecified atom stereocenters. The topological polar surface area (TPSA) is 23.5 Å². The number of aliphatic hydroxyl groups excluding tert-OH is 1. The monoisotopic (exact) mass is 333 g/mol. The van der Waals surface area contributed by atoms with Gasteiger partial charge in [-0.1, -0.05) is 24.3 Å². The highest BCUT2D eigenvalue weighted by Gasteiger charge is 2.13. The van der Waals surface area contributed by atoms with E-state index in [1.54, 1.807) is 6.92 Å². The smallest absolute Gasteiger partial charge is 0.0762 e. The van der Waals surface area contributed by atoms with Crippen LogP contribution < -0.4 is 4.90 Å². The molecule has 0 saturated carbocycles. The Morgan fingerprint density at radius 2 is 1.85 bits per heavy atom. The van der Waals surface area contributed by atoms with Crippen molar-refractivity contribution in [2.75, 3.05) is 11.4 Å². The fraction of sp³-hybridized carbons (Fsp3) is 0.294. The average molecular weight is 334 g/mol. The molecular weight excluding hydrogens is 314 g/mol. The zero-order chi connectivity index (χ0) is 14.7. The van der Waals surface area contributed by atoms with Crippen LogP contribution in [0.25, 0.3) is 0 Å². The normalized spacial score (nSPS) is 12.2. The molecule has 0 spiro atoms. The minimum atomic E-state index is -0.450. The summed E-state index contributed by atoms with van der Waals surface area (Å²) in [5.74, 6) is 0. The number of nitrogens with zero attached hydrogens (tertiary/aromatic N) is 1. The number of anilines is 2. The van der Waals surface area contributed by atoms with Gasteiger partial charge in [0.25, 0.3) is 0 Å². The van der Waals surface area contributed by atoms with Gasteiger partial charge in [0.1, 0.15) is 0 Å². The summed E-state index contributed by atoms with van der Waals surface area (Å²) in [7, 11) is 0. The molecule has 0 aromatic heterocycles. The lowest BCUT2D eigenvalue weighted by Gasteiger charge is -2.26. The zero-order valence-electron chi connectivity index (χ0n) is 12.1. The number of hydrogen-bond acceptors (Lipinski definition) is 2. The Morgan fingerprint density at radius 1 is 1.15 bits per heavy atom. The van der Waals surface area contributed by atoms with Crippen molar-refractivity contribution < 1.29 is 5.11 Å². The van der Waals surface area contributed by atoms with E-state index in [0.29, 0.717) is 0 Å². The molecule has 2 aromatic rings. The van der Waals surface area contributed by atoms with Gasteiger partial charge in [-0.25, -0.2) is 0 Å². The van der Waals surface area contributed by atoms with Crippen LogP contribution >= 0.6 is 15.9 Å². The summed E-state index contributed by atoms with van der Waals surface area (Å²) in [6, 6.07) is 14.4. The Morgan fingerprint density at radius 3 is 2.40 bits per heavy atom. The third-order valence-corrected chi connectivity index (χ3v) is 4.10. The maximum absolute atomic E-state index is 9.66. The van der Waals surface area contributed by atoms with Crippen LogP contribution in [0.1, 0.15) is 31.1 Å². The van der Waals surface area contributed by atoms with Crippen molar-refractivity contribution in [1.29, 1.82) is 0 Å². The molecule has 106 valence electrons. The van der Waals surface area contributed by atoms with Crippen LogP contribution in [0, 0.1) is 6.92 Å². The van der Waals surface area contributed by atoms with Crippen LogP contribution in [0.3, 0.4) is 0 Å². The van der Waals surface area contributed by atoms with Gasteiger partial charge in [0.15, 0.2) is 0 Å². The highest BCUT2D eigenvalue weighted by atomic mass is 79.9. The molecule has 2 aromatic carbocycles. The summed E-state index contributed by atoms with van der Waals surface area (Å²) >= 11 is 3.63. The van der Waals surface area contributed by atoms with E-state index in [9.17, 15) is 5.11 Å². The first kappa shape index (κ1) is 15.1. The third kappa shape index (κ3) is 3.05. The summed E-state index contributed by atoms with van der Waals surface area (Å²) in [5.41, 5.74) is 4.49. The molecule has 1 N–H and O–H groups in total. The number of hydrogen-bond donors (Lipinski definition) is 1. The van der Waals surface area contributed by atoms with E-state index in [2.05, 4.69) is 65.0 Å². The van der Waals surface area contributed by atoms with E-state index in [1.165, 1.54) is 11.3 Å². The van der Waals surface area contributed by atoms with Gasteiger partial charge in [-0.2, -0.15) is 0 Å². The SMILES string of the molecule is CCN(c1ccccc1C)c1ccc(C(C)O)cc1Br. The van der Waals surface area contributed by atoms with E-state index in [0.717, 1.165) is 22.3 Å². The third-order valence-electron chi connectivity index (χ3n) is 3.47. The lowest BCUT2D eigenvalue weighted by molar-refractivity contribution is 0.199. The lowest BCUT2D eigenvalue weighted by Crippen LogP contribution is -2.17. The van der Waals surface area contributed by atoms with Gasteiger partial charge >= 0.3 is 0 Å². The molecule has 0 aliphatic carbocycles. The van der Waals surface area contributed by atoms with E-state index in [-0.39, 0.29) is 0 Å². The first-order valence-electron chi connectivity index (χ1n) is 6.85. The Kier molecular flexibility index (Phi) is 4.84. The van der Waals surface area contributed by atoms with Crippen molar-refractivity contribution in [2.24, 2.45) is 0 Å². The summed E-state index contributed by atoms with van der Waals surface area (Å²) in [6.07, 6.45) is -0.450. The number of rotatable bonds is 4. The van der Waals surface area contributed by atoms with Crippen LogP contribution in [-0.2, 0) is 0 Å². The van der Waals surface area contributed by atoms with Crippen molar-refractivity contribution in [3.8, 4) is 0 Å². The highest BCUT2D eigenvalue weighted by molar-refractivity contribution is 9.10. The van der Waals surface area contributed by atoms with Gasteiger partial charge in [0, 0.05) is 16.7 Å². The van der Waals surface area contributed by atoms with Crippen molar-refractivity contribution in [3.05, 3.63) is 58.1 Å². The van der Waals surface area contributed by atoms with Gasteiger partial charge in [0.2, 0.25) is 0 Å². The quantitative estimate of drug-likeness (QED) is 0.853. The molecule has 2 rings (SSSR count). The Hall–Kier alpha value is -1.32. The van der Waals surface area contributed by atoms with Gasteiger partial charge in [0.05, 0.1) is 11.8 Å². The number of aliphatic hydroxyl groups is 1. The molecule has 0 fully saturated rings. The Balaban J connectivity index is 2.45. The van der Waals surface area contributed by atoms with Gasteiger partial charge in [-0.15, -0.1) is 0 Å². The first-order chi connectivity index (χ1) is 9.54. The van der Waals surface area contributed by atoms with Crippen molar-refractivity contribution in [2.45, 2.75) is 26.9 Å². The molecule has 3 heteroatoms. The number of aryl methyl sites for hydroxylation is 1. The highest BCUT2D eigenvalue weighted by Crippen LogP contribution is 2.35. The van der Waals surface area contributed by atoms with Gasteiger partial charge in [-0.05, 0) is 66.0 Å². The van der Waals surface area contributed by atoms with Crippen LogP contribution in [0.2, 0.25) is 0 Å². The van der Waals surface area contributed by atoms with Crippen molar-refractivity contribution >= 4 is 27.3 Å². The van der Waals surface area contributed by atoms with Crippen LogP contribution in [0.5, 0.6) is 0 Å². The molecule has 0 amide bonds. The fourth-order valence-corrected chi connectivity index (χ4v) is 2.95. The lowest BCUT2D eigenvalue weighted by atomic mass is 10.1. The minimum absolute atomic E-state index is 0.450. The Labute approximate surface area is 129 Å². The fourth-order valence-electron chi connectivity index (χ4n) is 2.34. The standard InChI is InChI=1S/C17H20BrNO/c1-4-19(16-8-6-5-7-12(16)2)17-10-9-14(13(3)20)11-15(17)18/h5-11,13,20H,4H2,1-3H3. The van der Waals surface area contributed by atoms with Crippen LogP contribution in [0.4, 0.5) is 11.4 Å². The second-order valence-corrected chi connectivity index (χ2v) is 5.77.